The number of rotatable bonds is 14. The monoisotopic (exact) mass is 740 g/mol. The molecule has 284 valence electrons. The smallest absolute Gasteiger partial charge is 0.368 e. The van der Waals surface area contributed by atoms with E-state index < -0.39 is 23.7 Å². The van der Waals surface area contributed by atoms with E-state index in [4.69, 9.17) is 0 Å². The van der Waals surface area contributed by atoms with E-state index in [0.29, 0.717) is 51.4 Å². The molecule has 3 amide bonds. The van der Waals surface area contributed by atoms with Crippen LogP contribution in [0.25, 0.3) is 6.08 Å². The van der Waals surface area contributed by atoms with Crippen LogP contribution in [-0.2, 0) is 40.1 Å². The first-order valence-corrected chi connectivity index (χ1v) is 18.0. The number of likely N-dealkylation sites (N-methyl/N-ethyl adjacent to an activating group) is 2. The van der Waals surface area contributed by atoms with Gasteiger partial charge in [0.05, 0.1) is 5.56 Å². The number of alkyl halides is 3. The molecule has 3 aromatic carbocycles. The first-order valence-electron chi connectivity index (χ1n) is 18.0. The molecule has 1 fully saturated rings. The Kier molecular flexibility index (Phi) is 13.6. The molecule has 0 radical (unpaired) electrons. The van der Waals surface area contributed by atoms with Crippen LogP contribution in [0.1, 0.15) is 34.7 Å². The van der Waals surface area contributed by atoms with E-state index in [0.717, 1.165) is 34.5 Å². The Morgan fingerprint density at radius 2 is 1.41 bits per heavy atom. The van der Waals surface area contributed by atoms with Crippen molar-refractivity contribution in [2.24, 2.45) is 0 Å². The van der Waals surface area contributed by atoms with Gasteiger partial charge in [0.2, 0.25) is 17.7 Å². The molecule has 2 heterocycles. The van der Waals surface area contributed by atoms with Crippen molar-refractivity contribution < 1.29 is 27.6 Å². The maximum absolute atomic E-state index is 14.4. The number of hydrogen-bond donors (Lipinski definition) is 0. The Balaban J connectivity index is 1.40. The summed E-state index contributed by atoms with van der Waals surface area (Å²) >= 11 is 0. The Morgan fingerprint density at radius 1 is 0.778 bits per heavy atom. The van der Waals surface area contributed by atoms with Gasteiger partial charge in [0.1, 0.15) is 6.04 Å². The highest BCUT2D eigenvalue weighted by Gasteiger charge is 2.32. The lowest BCUT2D eigenvalue weighted by Crippen LogP contribution is -2.51. The molecule has 9 nitrogen and oxygen atoms in total. The molecule has 1 aromatic heterocycles. The molecule has 0 N–H and O–H groups in total. The Morgan fingerprint density at radius 3 is 2.02 bits per heavy atom. The summed E-state index contributed by atoms with van der Waals surface area (Å²) < 4.78 is 39.6. The maximum atomic E-state index is 14.4. The fourth-order valence-electron chi connectivity index (χ4n) is 6.41. The van der Waals surface area contributed by atoms with E-state index in [1.165, 1.54) is 24.3 Å². The SMILES string of the molecule is CC(=O)N1CCN(c2ccc(CN(C(=O)/C=C/c3ccc(C(F)(F)F)cc3)[C@@H](Cc3ccccc3)C(=O)N(C)CCN(C)Cc3ccncc3)cc2)CC1. The van der Waals surface area contributed by atoms with Gasteiger partial charge >= 0.3 is 6.18 Å². The molecule has 1 atom stereocenters. The van der Waals surface area contributed by atoms with Crippen LogP contribution < -0.4 is 4.90 Å². The second-order valence-electron chi connectivity index (χ2n) is 13.6. The first kappa shape index (κ1) is 39.7. The van der Waals surface area contributed by atoms with Gasteiger partial charge in [0, 0.05) is 96.9 Å². The summed E-state index contributed by atoms with van der Waals surface area (Å²) in [6, 6.07) is 25.0. The third-order valence-corrected chi connectivity index (χ3v) is 9.65. The number of nitrogens with zero attached hydrogens (tertiary/aromatic N) is 6. The van der Waals surface area contributed by atoms with Crippen molar-refractivity contribution in [2.75, 3.05) is 58.3 Å². The third kappa shape index (κ3) is 11.3. The number of benzene rings is 3. The number of amides is 3. The van der Waals surface area contributed by atoms with Crippen LogP contribution in [0.4, 0.5) is 18.9 Å². The summed E-state index contributed by atoms with van der Waals surface area (Å²) in [6.45, 7) is 6.07. The fourth-order valence-corrected chi connectivity index (χ4v) is 6.41. The average molecular weight is 741 g/mol. The summed E-state index contributed by atoms with van der Waals surface area (Å²) in [5.41, 5.74) is 3.43. The van der Waals surface area contributed by atoms with Gasteiger partial charge in [-0.1, -0.05) is 54.6 Å². The Labute approximate surface area is 315 Å². The van der Waals surface area contributed by atoms with E-state index in [9.17, 15) is 27.6 Å². The van der Waals surface area contributed by atoms with Gasteiger partial charge < -0.3 is 24.5 Å². The average Bonchev–Trinajstić information content (AvgIpc) is 3.18. The minimum atomic E-state index is -4.47. The normalized spacial score (nSPS) is 14.0. The zero-order valence-electron chi connectivity index (χ0n) is 31.0. The van der Waals surface area contributed by atoms with Crippen molar-refractivity contribution >= 4 is 29.5 Å². The molecule has 54 heavy (non-hydrogen) atoms. The molecule has 1 saturated heterocycles. The van der Waals surface area contributed by atoms with E-state index in [1.807, 2.05) is 78.7 Å². The molecule has 0 unspecified atom stereocenters. The number of anilines is 1. The van der Waals surface area contributed by atoms with Crippen molar-refractivity contribution in [2.45, 2.75) is 38.7 Å². The minimum Gasteiger partial charge on any atom is -0.368 e. The summed E-state index contributed by atoms with van der Waals surface area (Å²) in [6.07, 6.45) is 2.07. The number of carbonyl (C=O) groups is 3. The van der Waals surface area contributed by atoms with Gasteiger partial charge in [-0.2, -0.15) is 13.2 Å². The predicted octanol–water partition coefficient (Wildman–Crippen LogP) is 6.01. The largest absolute Gasteiger partial charge is 0.416 e. The van der Waals surface area contributed by atoms with Crippen LogP contribution in [0, 0.1) is 0 Å². The van der Waals surface area contributed by atoms with Gasteiger partial charge in [-0.25, -0.2) is 0 Å². The van der Waals surface area contributed by atoms with Crippen LogP contribution in [-0.4, -0.2) is 102 Å². The van der Waals surface area contributed by atoms with Crippen LogP contribution in [0.2, 0.25) is 0 Å². The van der Waals surface area contributed by atoms with Crippen molar-refractivity contribution in [3.63, 3.8) is 0 Å². The van der Waals surface area contributed by atoms with E-state index in [2.05, 4.69) is 14.8 Å². The van der Waals surface area contributed by atoms with Gasteiger partial charge in [0.15, 0.2) is 0 Å². The van der Waals surface area contributed by atoms with Crippen molar-refractivity contribution in [3.8, 4) is 0 Å². The van der Waals surface area contributed by atoms with E-state index in [-0.39, 0.29) is 24.8 Å². The van der Waals surface area contributed by atoms with E-state index in [1.54, 1.807) is 36.2 Å². The molecule has 0 bridgehead atoms. The number of aromatic nitrogens is 1. The summed E-state index contributed by atoms with van der Waals surface area (Å²) in [5.74, 6) is -0.617. The number of hydrogen-bond acceptors (Lipinski definition) is 6. The number of pyridine rings is 1. The lowest BCUT2D eigenvalue weighted by atomic mass is 10.0. The van der Waals surface area contributed by atoms with Gasteiger partial charge in [0.25, 0.3) is 0 Å². The number of halogens is 3. The molecule has 0 saturated carbocycles. The van der Waals surface area contributed by atoms with Crippen LogP contribution >= 0.6 is 0 Å². The molecular weight excluding hydrogens is 693 g/mol. The van der Waals surface area contributed by atoms with Crippen molar-refractivity contribution in [1.29, 1.82) is 0 Å². The van der Waals surface area contributed by atoms with Crippen molar-refractivity contribution in [3.05, 3.63) is 137 Å². The van der Waals surface area contributed by atoms with Crippen LogP contribution in [0.5, 0.6) is 0 Å². The summed E-state index contributed by atoms with van der Waals surface area (Å²) in [5, 5.41) is 0. The lowest BCUT2D eigenvalue weighted by molar-refractivity contribution is -0.143. The van der Waals surface area contributed by atoms with Crippen molar-refractivity contribution in [1.82, 2.24) is 24.6 Å². The van der Waals surface area contributed by atoms with Gasteiger partial charge in [-0.15, -0.1) is 0 Å². The highest BCUT2D eigenvalue weighted by molar-refractivity contribution is 5.95. The Hall–Kier alpha value is -5.49. The number of carbonyl (C=O) groups excluding carboxylic acids is 3. The topological polar surface area (TPSA) is 80.3 Å². The van der Waals surface area contributed by atoms with E-state index >= 15 is 0 Å². The lowest BCUT2D eigenvalue weighted by Gasteiger charge is -2.36. The van der Waals surface area contributed by atoms with Crippen LogP contribution in [0.3, 0.4) is 0 Å². The minimum absolute atomic E-state index is 0.0596. The highest BCUT2D eigenvalue weighted by atomic mass is 19.4. The second-order valence-corrected chi connectivity index (χ2v) is 13.6. The summed E-state index contributed by atoms with van der Waals surface area (Å²) in [4.78, 5) is 53.9. The molecular formula is C42H47F3N6O3. The maximum Gasteiger partial charge on any atom is 0.416 e. The standard InChI is InChI=1S/C42H47F3N6O3/c1-32(52)49-25-27-50(28-26-49)38-16-11-35(12-17-38)31-51(40(53)18-13-33-9-14-37(15-10-33)42(43,44)45)39(29-34-7-5-4-6-8-34)41(54)48(3)24-23-47(2)30-36-19-21-46-22-20-36/h4-22,39H,23-31H2,1-3H3/b18-13+/t39-/m0/s1. The molecule has 1 aliphatic rings. The first-order chi connectivity index (χ1) is 25.9. The highest BCUT2D eigenvalue weighted by Crippen LogP contribution is 2.29. The third-order valence-electron chi connectivity index (χ3n) is 9.65. The zero-order chi connectivity index (χ0) is 38.7. The van der Waals surface area contributed by atoms with Gasteiger partial charge in [-0.05, 0) is 71.8 Å². The molecule has 5 rings (SSSR count). The zero-order valence-corrected chi connectivity index (χ0v) is 31.0. The predicted molar refractivity (Wildman–Crippen MR) is 204 cm³/mol. The number of piperazine rings is 1. The molecule has 0 aliphatic carbocycles. The molecule has 4 aromatic rings. The molecule has 1 aliphatic heterocycles. The quantitative estimate of drug-likeness (QED) is 0.148. The molecule has 0 spiro atoms. The summed E-state index contributed by atoms with van der Waals surface area (Å²) in [7, 11) is 3.72. The Bertz CT molecular complexity index is 1850. The fraction of sp³-hybridized carbons (Fsp3) is 0.333. The molecule has 12 heteroatoms. The van der Waals surface area contributed by atoms with Crippen LogP contribution in [0.15, 0.2) is 109 Å². The van der Waals surface area contributed by atoms with Gasteiger partial charge in [-0.3, -0.25) is 19.4 Å². The second kappa shape index (κ2) is 18.5.